The van der Waals surface area contributed by atoms with Crippen LogP contribution in [0.1, 0.15) is 37.4 Å². The molecule has 106 valence electrons. The van der Waals surface area contributed by atoms with E-state index in [2.05, 4.69) is 44.3 Å². The Bertz CT molecular complexity index is 413. The number of aryl methyl sites for hydroxylation is 1. The third-order valence-corrected chi connectivity index (χ3v) is 4.04. The van der Waals surface area contributed by atoms with Gasteiger partial charge >= 0.3 is 0 Å². The highest BCUT2D eigenvalue weighted by Crippen LogP contribution is 2.27. The van der Waals surface area contributed by atoms with Gasteiger partial charge in [0.25, 0.3) is 0 Å². The average molecular weight is 263 g/mol. The predicted octanol–water partition coefficient (Wildman–Crippen LogP) is 3.08. The number of hydrogen-bond donors (Lipinski definition) is 1. The van der Waals surface area contributed by atoms with Crippen molar-refractivity contribution in [2.45, 2.75) is 39.3 Å². The van der Waals surface area contributed by atoms with Gasteiger partial charge in [-0.15, -0.1) is 0 Å². The van der Waals surface area contributed by atoms with Crippen molar-refractivity contribution >= 4 is 0 Å². The standard InChI is InChI=1S/C16H25NO2/c1-11-5-6-15(16(9-11)18-4)13(3)17-12(2)14-7-8-19-10-14/h5-6,9,12-14,17H,7-8,10H2,1-4H3. The number of nitrogens with one attached hydrogen (secondary N) is 1. The van der Waals surface area contributed by atoms with Gasteiger partial charge in [-0.2, -0.15) is 0 Å². The quantitative estimate of drug-likeness (QED) is 0.885. The van der Waals surface area contributed by atoms with E-state index >= 15 is 0 Å². The fraction of sp³-hybridized carbons (Fsp3) is 0.625. The van der Waals surface area contributed by atoms with Gasteiger partial charge in [0.15, 0.2) is 0 Å². The second-order valence-electron chi connectivity index (χ2n) is 5.55. The van der Waals surface area contributed by atoms with Crippen LogP contribution in [0.5, 0.6) is 5.75 Å². The fourth-order valence-electron chi connectivity index (χ4n) is 2.74. The van der Waals surface area contributed by atoms with Crippen LogP contribution in [-0.4, -0.2) is 26.4 Å². The minimum absolute atomic E-state index is 0.283. The van der Waals surface area contributed by atoms with Crippen molar-refractivity contribution in [3.8, 4) is 5.75 Å². The van der Waals surface area contributed by atoms with E-state index in [1.807, 2.05) is 0 Å². The third-order valence-electron chi connectivity index (χ3n) is 4.04. The number of methoxy groups -OCH3 is 1. The second kappa shape index (κ2) is 6.40. The van der Waals surface area contributed by atoms with Crippen LogP contribution in [0.4, 0.5) is 0 Å². The van der Waals surface area contributed by atoms with Gasteiger partial charge in [-0.1, -0.05) is 12.1 Å². The van der Waals surface area contributed by atoms with Crippen molar-refractivity contribution < 1.29 is 9.47 Å². The largest absolute Gasteiger partial charge is 0.496 e. The highest BCUT2D eigenvalue weighted by Gasteiger charge is 2.24. The molecule has 1 saturated heterocycles. The molecule has 0 bridgehead atoms. The molecule has 3 unspecified atom stereocenters. The number of benzene rings is 1. The third kappa shape index (κ3) is 3.48. The first-order chi connectivity index (χ1) is 9.11. The molecule has 1 aromatic rings. The van der Waals surface area contributed by atoms with E-state index < -0.39 is 0 Å². The first-order valence-electron chi connectivity index (χ1n) is 7.10. The lowest BCUT2D eigenvalue weighted by molar-refractivity contribution is 0.177. The summed E-state index contributed by atoms with van der Waals surface area (Å²) in [6.45, 7) is 8.31. The zero-order valence-corrected chi connectivity index (χ0v) is 12.4. The summed E-state index contributed by atoms with van der Waals surface area (Å²) in [5, 5.41) is 3.67. The molecule has 1 fully saturated rings. The summed E-state index contributed by atoms with van der Waals surface area (Å²) in [5.41, 5.74) is 2.45. The average Bonchev–Trinajstić information content (AvgIpc) is 2.92. The van der Waals surface area contributed by atoms with Crippen LogP contribution >= 0.6 is 0 Å². The summed E-state index contributed by atoms with van der Waals surface area (Å²) in [6, 6.07) is 7.13. The SMILES string of the molecule is COc1cc(C)ccc1C(C)NC(C)C1CCOC1. The molecule has 0 amide bonds. The zero-order valence-electron chi connectivity index (χ0n) is 12.4. The van der Waals surface area contributed by atoms with Crippen molar-refractivity contribution in [2.24, 2.45) is 5.92 Å². The zero-order chi connectivity index (χ0) is 13.8. The van der Waals surface area contributed by atoms with Crippen LogP contribution in [0.3, 0.4) is 0 Å². The molecule has 1 aliphatic heterocycles. The molecule has 0 spiro atoms. The Kier molecular flexibility index (Phi) is 4.83. The van der Waals surface area contributed by atoms with Gasteiger partial charge in [-0.25, -0.2) is 0 Å². The molecule has 3 atom stereocenters. The van der Waals surface area contributed by atoms with Gasteiger partial charge in [0.05, 0.1) is 13.7 Å². The van der Waals surface area contributed by atoms with Crippen molar-refractivity contribution in [3.05, 3.63) is 29.3 Å². The molecule has 1 N–H and O–H groups in total. The summed E-state index contributed by atoms with van der Waals surface area (Å²) < 4.78 is 11.0. The predicted molar refractivity (Wildman–Crippen MR) is 77.7 cm³/mol. The maximum atomic E-state index is 5.49. The monoisotopic (exact) mass is 263 g/mol. The lowest BCUT2D eigenvalue weighted by atomic mass is 9.98. The minimum atomic E-state index is 0.283. The van der Waals surface area contributed by atoms with E-state index in [4.69, 9.17) is 9.47 Å². The summed E-state index contributed by atoms with van der Waals surface area (Å²) in [7, 11) is 1.74. The molecule has 0 aliphatic carbocycles. The Morgan fingerprint density at radius 1 is 1.37 bits per heavy atom. The van der Waals surface area contributed by atoms with Gasteiger partial charge in [-0.05, 0) is 44.7 Å². The molecule has 0 aromatic heterocycles. The van der Waals surface area contributed by atoms with Gasteiger partial charge in [0.1, 0.15) is 5.75 Å². The van der Waals surface area contributed by atoms with Crippen LogP contribution in [0.2, 0.25) is 0 Å². The molecule has 3 heteroatoms. The molecule has 1 heterocycles. The Balaban J connectivity index is 2.04. The summed E-state index contributed by atoms with van der Waals surface area (Å²) in [4.78, 5) is 0. The Labute approximate surface area is 116 Å². The second-order valence-corrected chi connectivity index (χ2v) is 5.55. The van der Waals surface area contributed by atoms with E-state index in [1.54, 1.807) is 7.11 Å². The molecule has 0 radical (unpaired) electrons. The smallest absolute Gasteiger partial charge is 0.123 e. The summed E-state index contributed by atoms with van der Waals surface area (Å²) in [6.07, 6.45) is 1.16. The maximum absolute atomic E-state index is 5.49. The highest BCUT2D eigenvalue weighted by molar-refractivity contribution is 5.39. The van der Waals surface area contributed by atoms with Gasteiger partial charge in [0.2, 0.25) is 0 Å². The number of hydrogen-bond acceptors (Lipinski definition) is 3. The molecular weight excluding hydrogens is 238 g/mol. The molecule has 19 heavy (non-hydrogen) atoms. The van der Waals surface area contributed by atoms with E-state index in [-0.39, 0.29) is 6.04 Å². The number of ether oxygens (including phenoxy) is 2. The molecule has 3 nitrogen and oxygen atoms in total. The lowest BCUT2D eigenvalue weighted by Gasteiger charge is -2.25. The first-order valence-corrected chi connectivity index (χ1v) is 7.10. The van der Waals surface area contributed by atoms with Gasteiger partial charge < -0.3 is 14.8 Å². The van der Waals surface area contributed by atoms with E-state index in [0.29, 0.717) is 12.0 Å². The Hall–Kier alpha value is -1.06. The normalized spacial score (nSPS) is 22.2. The van der Waals surface area contributed by atoms with E-state index in [9.17, 15) is 0 Å². The topological polar surface area (TPSA) is 30.5 Å². The van der Waals surface area contributed by atoms with E-state index in [0.717, 1.165) is 25.4 Å². The Morgan fingerprint density at radius 2 is 2.16 bits per heavy atom. The van der Waals surface area contributed by atoms with Gasteiger partial charge in [-0.3, -0.25) is 0 Å². The minimum Gasteiger partial charge on any atom is -0.496 e. The van der Waals surface area contributed by atoms with Crippen LogP contribution in [0.25, 0.3) is 0 Å². The number of rotatable bonds is 5. The lowest BCUT2D eigenvalue weighted by Crippen LogP contribution is -2.35. The van der Waals surface area contributed by atoms with Gasteiger partial charge in [0, 0.05) is 24.3 Å². The molecule has 2 rings (SSSR count). The molecular formula is C16H25NO2. The maximum Gasteiger partial charge on any atom is 0.123 e. The van der Waals surface area contributed by atoms with Crippen LogP contribution < -0.4 is 10.1 Å². The molecule has 0 saturated carbocycles. The van der Waals surface area contributed by atoms with Crippen molar-refractivity contribution in [3.63, 3.8) is 0 Å². The van der Waals surface area contributed by atoms with Crippen LogP contribution in [-0.2, 0) is 4.74 Å². The van der Waals surface area contributed by atoms with E-state index in [1.165, 1.54) is 11.1 Å². The Morgan fingerprint density at radius 3 is 2.79 bits per heavy atom. The first kappa shape index (κ1) is 14.4. The van der Waals surface area contributed by atoms with Crippen LogP contribution in [0, 0.1) is 12.8 Å². The summed E-state index contributed by atoms with van der Waals surface area (Å²) >= 11 is 0. The highest BCUT2D eigenvalue weighted by atomic mass is 16.5. The van der Waals surface area contributed by atoms with Crippen molar-refractivity contribution in [1.29, 1.82) is 0 Å². The van der Waals surface area contributed by atoms with Crippen molar-refractivity contribution in [1.82, 2.24) is 5.32 Å². The van der Waals surface area contributed by atoms with Crippen LogP contribution in [0.15, 0.2) is 18.2 Å². The molecule has 1 aliphatic rings. The van der Waals surface area contributed by atoms with Crippen molar-refractivity contribution in [2.75, 3.05) is 20.3 Å². The summed E-state index contributed by atoms with van der Waals surface area (Å²) in [5.74, 6) is 1.59. The fourth-order valence-corrected chi connectivity index (χ4v) is 2.74. The molecule has 1 aromatic carbocycles.